The zero-order chi connectivity index (χ0) is 14.8. The number of carbonyl (C=O) groups is 2. The average Bonchev–Trinajstić information content (AvgIpc) is 2.83. The topological polar surface area (TPSA) is 78.6 Å². The summed E-state index contributed by atoms with van der Waals surface area (Å²) in [6.45, 7) is 0.0449. The number of primary amides is 1. The molecule has 1 aliphatic carbocycles. The van der Waals surface area contributed by atoms with Gasteiger partial charge in [0.15, 0.2) is 0 Å². The highest BCUT2D eigenvalue weighted by Crippen LogP contribution is 2.38. The molecule has 0 fully saturated rings. The molecule has 3 rings (SSSR count). The fraction of sp³-hybridized carbons (Fsp3) is 0.125. The fourth-order valence-corrected chi connectivity index (χ4v) is 2.61. The lowest BCUT2D eigenvalue weighted by Crippen LogP contribution is -2.19. The number of rotatable bonds is 2. The highest BCUT2D eigenvalue weighted by molar-refractivity contribution is 5.80. The molecule has 5 heteroatoms. The Morgan fingerprint density at radius 2 is 1.81 bits per heavy atom. The SMILES string of the molecule is NC(=O)OC(=O)OCc1cccc2c1Cc1ccccc1-2. The lowest BCUT2D eigenvalue weighted by atomic mass is 10.0. The van der Waals surface area contributed by atoms with Gasteiger partial charge in [-0.25, -0.2) is 9.59 Å². The lowest BCUT2D eigenvalue weighted by Gasteiger charge is -2.08. The maximum absolute atomic E-state index is 11.2. The summed E-state index contributed by atoms with van der Waals surface area (Å²) in [4.78, 5) is 21.7. The minimum atomic E-state index is -1.18. The second kappa shape index (κ2) is 5.28. The van der Waals surface area contributed by atoms with Crippen molar-refractivity contribution in [1.82, 2.24) is 0 Å². The van der Waals surface area contributed by atoms with Gasteiger partial charge in [0.2, 0.25) is 0 Å². The number of hydrogen-bond donors (Lipinski definition) is 1. The van der Waals surface area contributed by atoms with Gasteiger partial charge in [0.05, 0.1) is 0 Å². The van der Waals surface area contributed by atoms with E-state index in [4.69, 9.17) is 10.5 Å². The third-order valence-electron chi connectivity index (χ3n) is 3.48. The van der Waals surface area contributed by atoms with Crippen LogP contribution in [-0.4, -0.2) is 12.2 Å². The Hall–Kier alpha value is -2.82. The summed E-state index contributed by atoms with van der Waals surface area (Å²) in [6, 6.07) is 14.0. The zero-order valence-corrected chi connectivity index (χ0v) is 11.2. The minimum absolute atomic E-state index is 0.0449. The van der Waals surface area contributed by atoms with Crippen LogP contribution in [0.4, 0.5) is 9.59 Å². The van der Waals surface area contributed by atoms with Gasteiger partial charge in [-0.15, -0.1) is 0 Å². The quantitative estimate of drug-likeness (QED) is 0.579. The van der Waals surface area contributed by atoms with E-state index >= 15 is 0 Å². The van der Waals surface area contributed by atoms with Gasteiger partial charge in [0.1, 0.15) is 6.61 Å². The first kappa shape index (κ1) is 13.2. The Kier molecular flexibility index (Phi) is 3.31. The van der Waals surface area contributed by atoms with Gasteiger partial charge >= 0.3 is 12.2 Å². The molecule has 1 amide bonds. The number of ether oxygens (including phenoxy) is 2. The molecule has 0 atom stereocenters. The van der Waals surface area contributed by atoms with E-state index < -0.39 is 12.2 Å². The molecule has 0 unspecified atom stereocenters. The maximum Gasteiger partial charge on any atom is 0.517 e. The number of fused-ring (bicyclic) bond motifs is 3. The summed E-state index contributed by atoms with van der Waals surface area (Å²) in [7, 11) is 0. The zero-order valence-electron chi connectivity index (χ0n) is 11.2. The van der Waals surface area contributed by atoms with Gasteiger partial charge in [0, 0.05) is 0 Å². The maximum atomic E-state index is 11.2. The van der Waals surface area contributed by atoms with Crippen LogP contribution in [0.2, 0.25) is 0 Å². The molecular weight excluding hydrogens is 270 g/mol. The average molecular weight is 283 g/mol. The van der Waals surface area contributed by atoms with Gasteiger partial charge in [-0.1, -0.05) is 42.5 Å². The van der Waals surface area contributed by atoms with Gasteiger partial charge < -0.3 is 15.2 Å². The van der Waals surface area contributed by atoms with Crippen LogP contribution >= 0.6 is 0 Å². The standard InChI is InChI=1S/C16H13NO4/c17-15(18)21-16(19)20-9-11-5-3-7-13-12-6-2-1-4-10(12)8-14(11)13/h1-7H,8-9H2,(H2,17,18). The van der Waals surface area contributed by atoms with Gasteiger partial charge in [0.25, 0.3) is 0 Å². The van der Waals surface area contributed by atoms with Crippen molar-refractivity contribution >= 4 is 12.2 Å². The first-order valence-electron chi connectivity index (χ1n) is 6.48. The van der Waals surface area contributed by atoms with Crippen molar-refractivity contribution < 1.29 is 19.1 Å². The van der Waals surface area contributed by atoms with E-state index in [-0.39, 0.29) is 6.61 Å². The molecule has 0 saturated carbocycles. The van der Waals surface area contributed by atoms with E-state index in [2.05, 4.69) is 16.9 Å². The molecule has 1 aliphatic rings. The second-order valence-corrected chi connectivity index (χ2v) is 4.74. The summed E-state index contributed by atoms with van der Waals surface area (Å²) in [5.74, 6) is 0. The molecule has 0 heterocycles. The predicted octanol–water partition coefficient (Wildman–Crippen LogP) is 2.99. The van der Waals surface area contributed by atoms with Crippen LogP contribution in [-0.2, 0) is 22.5 Å². The Bertz CT molecular complexity index is 724. The number of hydrogen-bond acceptors (Lipinski definition) is 4. The van der Waals surface area contributed by atoms with Gasteiger partial charge in [-0.3, -0.25) is 0 Å². The van der Waals surface area contributed by atoms with Crippen molar-refractivity contribution in [1.29, 1.82) is 0 Å². The molecule has 5 nitrogen and oxygen atoms in total. The summed E-state index contributed by atoms with van der Waals surface area (Å²) in [5, 5.41) is 0. The molecule has 2 N–H and O–H groups in total. The molecule has 0 radical (unpaired) electrons. The van der Waals surface area contributed by atoms with Gasteiger partial charge in [-0.05, 0) is 34.2 Å². The predicted molar refractivity (Wildman–Crippen MR) is 75.5 cm³/mol. The van der Waals surface area contributed by atoms with Crippen molar-refractivity contribution in [2.75, 3.05) is 0 Å². The van der Waals surface area contributed by atoms with Crippen molar-refractivity contribution in [3.05, 3.63) is 59.2 Å². The summed E-state index contributed by atoms with van der Waals surface area (Å²) < 4.78 is 9.03. The Morgan fingerprint density at radius 3 is 2.62 bits per heavy atom. The van der Waals surface area contributed by atoms with E-state index in [1.54, 1.807) is 0 Å². The van der Waals surface area contributed by atoms with E-state index in [9.17, 15) is 9.59 Å². The normalized spacial score (nSPS) is 11.4. The van der Waals surface area contributed by atoms with Crippen LogP contribution in [0, 0.1) is 0 Å². The second-order valence-electron chi connectivity index (χ2n) is 4.74. The van der Waals surface area contributed by atoms with Crippen LogP contribution in [0.5, 0.6) is 0 Å². The fourth-order valence-electron chi connectivity index (χ4n) is 2.61. The van der Waals surface area contributed by atoms with Crippen molar-refractivity contribution in [2.45, 2.75) is 13.0 Å². The third kappa shape index (κ3) is 2.58. The molecular formula is C16H13NO4. The van der Waals surface area contributed by atoms with Crippen LogP contribution in [0.1, 0.15) is 16.7 Å². The van der Waals surface area contributed by atoms with Crippen LogP contribution in [0.25, 0.3) is 11.1 Å². The third-order valence-corrected chi connectivity index (χ3v) is 3.48. The Morgan fingerprint density at radius 1 is 1.05 bits per heavy atom. The Balaban J connectivity index is 1.81. The van der Waals surface area contributed by atoms with E-state index in [0.717, 1.165) is 23.1 Å². The van der Waals surface area contributed by atoms with Gasteiger partial charge in [-0.2, -0.15) is 0 Å². The van der Waals surface area contributed by atoms with Crippen molar-refractivity contribution in [3.63, 3.8) is 0 Å². The summed E-state index contributed by atoms with van der Waals surface area (Å²) >= 11 is 0. The number of carbonyl (C=O) groups excluding carboxylic acids is 2. The smallest absolute Gasteiger partial charge is 0.429 e. The number of amides is 1. The minimum Gasteiger partial charge on any atom is -0.429 e. The Labute approximate surface area is 121 Å². The molecule has 0 aliphatic heterocycles. The molecule has 106 valence electrons. The molecule has 2 aromatic rings. The molecule has 0 aromatic heterocycles. The first-order chi connectivity index (χ1) is 10.1. The molecule has 0 bridgehead atoms. The summed E-state index contributed by atoms with van der Waals surface area (Å²) in [6.07, 6.45) is -1.46. The van der Waals surface area contributed by atoms with Crippen LogP contribution < -0.4 is 5.73 Å². The van der Waals surface area contributed by atoms with Crippen LogP contribution in [0.15, 0.2) is 42.5 Å². The molecule has 2 aromatic carbocycles. The first-order valence-corrected chi connectivity index (χ1v) is 6.48. The summed E-state index contributed by atoms with van der Waals surface area (Å²) in [5.41, 5.74) is 10.4. The van der Waals surface area contributed by atoms with Crippen molar-refractivity contribution in [3.8, 4) is 11.1 Å². The molecule has 21 heavy (non-hydrogen) atoms. The van der Waals surface area contributed by atoms with E-state index in [1.807, 2.05) is 30.3 Å². The van der Waals surface area contributed by atoms with E-state index in [1.165, 1.54) is 11.1 Å². The molecule has 0 saturated heterocycles. The lowest BCUT2D eigenvalue weighted by molar-refractivity contribution is 0.0726. The highest BCUT2D eigenvalue weighted by atomic mass is 16.7. The largest absolute Gasteiger partial charge is 0.517 e. The van der Waals surface area contributed by atoms with Crippen LogP contribution in [0.3, 0.4) is 0 Å². The number of benzene rings is 2. The highest BCUT2D eigenvalue weighted by Gasteiger charge is 2.21. The van der Waals surface area contributed by atoms with E-state index in [0.29, 0.717) is 0 Å². The monoisotopic (exact) mass is 283 g/mol. The molecule has 0 spiro atoms. The number of nitrogens with two attached hydrogens (primary N) is 1. The van der Waals surface area contributed by atoms with Crippen molar-refractivity contribution in [2.24, 2.45) is 5.73 Å².